The van der Waals surface area contributed by atoms with Gasteiger partial charge in [-0.05, 0) is 68.8 Å². The number of nitrogens with zero attached hydrogens (tertiary/aromatic N) is 2. The van der Waals surface area contributed by atoms with Crippen LogP contribution in [0.5, 0.6) is 17.2 Å². The van der Waals surface area contributed by atoms with Gasteiger partial charge in [-0.3, -0.25) is 4.98 Å². The Labute approximate surface area is 196 Å². The van der Waals surface area contributed by atoms with Crippen LogP contribution >= 0.6 is 0 Å². The standard InChI is InChI=1S/C26H27F2N3O3/c1-32-22-15-19-21(16-23(22)33-14-4-13-31-11-2-3-12-31)30-20-9-10-29-25(24(19)20)17-5-7-18(8-6-17)34-26(27)28/h5-10,15-16,26,30H,2-4,11-14H2,1H3. The van der Waals surface area contributed by atoms with Crippen LogP contribution in [-0.2, 0) is 0 Å². The molecule has 2 aromatic carbocycles. The summed E-state index contributed by atoms with van der Waals surface area (Å²) in [6.07, 6.45) is 5.27. The summed E-state index contributed by atoms with van der Waals surface area (Å²) in [4.78, 5) is 10.5. The highest BCUT2D eigenvalue weighted by Gasteiger charge is 2.16. The van der Waals surface area contributed by atoms with Gasteiger partial charge in [0.1, 0.15) is 5.75 Å². The molecule has 3 heterocycles. The first-order chi connectivity index (χ1) is 16.6. The molecule has 1 aliphatic heterocycles. The second-order valence-corrected chi connectivity index (χ2v) is 8.41. The van der Waals surface area contributed by atoms with E-state index in [0.29, 0.717) is 18.1 Å². The van der Waals surface area contributed by atoms with Crippen LogP contribution in [-0.4, -0.2) is 54.8 Å². The van der Waals surface area contributed by atoms with Gasteiger partial charge in [-0.2, -0.15) is 8.78 Å². The van der Waals surface area contributed by atoms with Crippen molar-refractivity contribution in [2.75, 3.05) is 33.4 Å². The van der Waals surface area contributed by atoms with Crippen molar-refractivity contribution >= 4 is 21.8 Å². The number of alkyl halides is 2. The van der Waals surface area contributed by atoms with Crippen LogP contribution < -0.4 is 14.2 Å². The zero-order valence-corrected chi connectivity index (χ0v) is 19.0. The van der Waals surface area contributed by atoms with Gasteiger partial charge in [0.05, 0.1) is 30.4 Å². The quantitative estimate of drug-likeness (QED) is 0.313. The molecule has 5 rings (SSSR count). The maximum Gasteiger partial charge on any atom is 0.387 e. The van der Waals surface area contributed by atoms with Crippen molar-refractivity contribution in [3.05, 3.63) is 48.7 Å². The largest absolute Gasteiger partial charge is 0.493 e. The number of ether oxygens (including phenoxy) is 3. The van der Waals surface area contributed by atoms with Gasteiger partial charge in [-0.15, -0.1) is 0 Å². The third kappa shape index (κ3) is 4.63. The number of benzene rings is 2. The number of fused-ring (bicyclic) bond motifs is 3. The number of rotatable bonds is 9. The summed E-state index contributed by atoms with van der Waals surface area (Å²) in [5, 5.41) is 1.88. The Kier molecular flexibility index (Phi) is 6.49. The van der Waals surface area contributed by atoms with Crippen LogP contribution in [0.25, 0.3) is 33.1 Å². The molecule has 1 aliphatic rings. The molecule has 0 unspecified atom stereocenters. The summed E-state index contributed by atoms with van der Waals surface area (Å²) < 4.78 is 41.2. The normalized spacial score (nSPS) is 14.4. The Bertz CT molecular complexity index is 1270. The predicted molar refractivity (Wildman–Crippen MR) is 128 cm³/mol. The molecule has 0 aliphatic carbocycles. The third-order valence-corrected chi connectivity index (χ3v) is 6.22. The molecule has 1 N–H and O–H groups in total. The van der Waals surface area contributed by atoms with Gasteiger partial charge in [-0.25, -0.2) is 0 Å². The minimum absolute atomic E-state index is 0.109. The van der Waals surface area contributed by atoms with E-state index < -0.39 is 6.61 Å². The number of pyridine rings is 1. The molecule has 0 radical (unpaired) electrons. The van der Waals surface area contributed by atoms with E-state index in [9.17, 15) is 8.78 Å². The molecule has 0 saturated carbocycles. The number of halogens is 2. The van der Waals surface area contributed by atoms with Crippen molar-refractivity contribution in [2.45, 2.75) is 25.9 Å². The summed E-state index contributed by atoms with van der Waals surface area (Å²) in [6, 6.07) is 12.3. The topological polar surface area (TPSA) is 59.6 Å². The van der Waals surface area contributed by atoms with Crippen molar-refractivity contribution in [2.24, 2.45) is 0 Å². The van der Waals surface area contributed by atoms with Gasteiger partial charge in [0, 0.05) is 35.1 Å². The smallest absolute Gasteiger partial charge is 0.387 e. The lowest BCUT2D eigenvalue weighted by molar-refractivity contribution is -0.0498. The van der Waals surface area contributed by atoms with Crippen molar-refractivity contribution in [3.8, 4) is 28.5 Å². The molecule has 2 aromatic heterocycles. The van der Waals surface area contributed by atoms with E-state index in [4.69, 9.17) is 9.47 Å². The summed E-state index contributed by atoms with van der Waals surface area (Å²) >= 11 is 0. The summed E-state index contributed by atoms with van der Waals surface area (Å²) in [6.45, 7) is 1.18. The molecular weight excluding hydrogens is 440 g/mol. The third-order valence-electron chi connectivity index (χ3n) is 6.22. The minimum atomic E-state index is -2.86. The lowest BCUT2D eigenvalue weighted by atomic mass is 10.0. The first-order valence-corrected chi connectivity index (χ1v) is 11.5. The van der Waals surface area contributed by atoms with Crippen molar-refractivity contribution in [1.29, 1.82) is 0 Å². The van der Waals surface area contributed by atoms with E-state index in [0.717, 1.165) is 46.0 Å². The van der Waals surface area contributed by atoms with Crippen molar-refractivity contribution in [1.82, 2.24) is 14.9 Å². The van der Waals surface area contributed by atoms with Crippen molar-refractivity contribution in [3.63, 3.8) is 0 Å². The maximum absolute atomic E-state index is 12.5. The molecule has 0 amide bonds. The lowest BCUT2D eigenvalue weighted by Crippen LogP contribution is -2.21. The monoisotopic (exact) mass is 467 g/mol. The molecule has 0 atom stereocenters. The molecule has 0 bridgehead atoms. The Morgan fingerprint density at radius 1 is 1.03 bits per heavy atom. The number of hydrogen-bond acceptors (Lipinski definition) is 5. The predicted octanol–water partition coefficient (Wildman–Crippen LogP) is 5.86. The van der Waals surface area contributed by atoms with E-state index >= 15 is 0 Å². The van der Waals surface area contributed by atoms with E-state index in [1.807, 2.05) is 18.2 Å². The first kappa shape index (κ1) is 22.4. The van der Waals surface area contributed by atoms with E-state index in [2.05, 4.69) is 19.6 Å². The van der Waals surface area contributed by atoms with Gasteiger partial charge in [-0.1, -0.05) is 0 Å². The van der Waals surface area contributed by atoms with Gasteiger partial charge in [0.25, 0.3) is 0 Å². The van der Waals surface area contributed by atoms with E-state index in [1.54, 1.807) is 25.4 Å². The Morgan fingerprint density at radius 2 is 1.82 bits per heavy atom. The molecule has 8 heteroatoms. The number of aromatic amines is 1. The van der Waals surface area contributed by atoms with Gasteiger partial charge < -0.3 is 24.1 Å². The van der Waals surface area contributed by atoms with Crippen LogP contribution in [0.3, 0.4) is 0 Å². The molecule has 34 heavy (non-hydrogen) atoms. The van der Waals surface area contributed by atoms with E-state index in [1.165, 1.54) is 38.1 Å². The van der Waals surface area contributed by atoms with E-state index in [-0.39, 0.29) is 5.75 Å². The molecule has 1 fully saturated rings. The average Bonchev–Trinajstić information content (AvgIpc) is 3.48. The average molecular weight is 468 g/mol. The van der Waals surface area contributed by atoms with Crippen LogP contribution in [0.2, 0.25) is 0 Å². The van der Waals surface area contributed by atoms with Crippen LogP contribution in [0.1, 0.15) is 19.3 Å². The zero-order valence-electron chi connectivity index (χ0n) is 19.0. The fourth-order valence-corrected chi connectivity index (χ4v) is 4.62. The number of H-pyrrole nitrogens is 1. The first-order valence-electron chi connectivity index (χ1n) is 11.5. The van der Waals surface area contributed by atoms with Gasteiger partial charge in [0.15, 0.2) is 11.5 Å². The van der Waals surface area contributed by atoms with Crippen LogP contribution in [0.4, 0.5) is 8.78 Å². The van der Waals surface area contributed by atoms with Gasteiger partial charge in [0.2, 0.25) is 0 Å². The SMILES string of the molecule is COc1cc2c(cc1OCCCN1CCCC1)[nH]c1ccnc(-c3ccc(OC(F)F)cc3)c12. The highest BCUT2D eigenvalue weighted by atomic mass is 19.3. The Hall–Kier alpha value is -3.39. The summed E-state index contributed by atoms with van der Waals surface area (Å²) in [7, 11) is 1.63. The van der Waals surface area contributed by atoms with Crippen LogP contribution in [0.15, 0.2) is 48.7 Å². The zero-order chi connectivity index (χ0) is 23.5. The number of nitrogens with one attached hydrogen (secondary N) is 1. The number of aromatic nitrogens is 2. The van der Waals surface area contributed by atoms with Gasteiger partial charge >= 0.3 is 6.61 Å². The number of likely N-dealkylation sites (tertiary alicyclic amines) is 1. The highest BCUT2D eigenvalue weighted by molar-refractivity contribution is 6.13. The molecule has 178 valence electrons. The highest BCUT2D eigenvalue weighted by Crippen LogP contribution is 2.39. The molecule has 6 nitrogen and oxygen atoms in total. The minimum Gasteiger partial charge on any atom is -0.493 e. The molecule has 4 aromatic rings. The molecular formula is C26H27F2N3O3. The molecule has 0 spiro atoms. The molecule has 1 saturated heterocycles. The summed E-state index contributed by atoms with van der Waals surface area (Å²) in [5.74, 6) is 1.47. The second kappa shape index (κ2) is 9.85. The second-order valence-electron chi connectivity index (χ2n) is 8.41. The van der Waals surface area contributed by atoms with Crippen LogP contribution in [0, 0.1) is 0 Å². The maximum atomic E-state index is 12.5. The fourth-order valence-electron chi connectivity index (χ4n) is 4.62. The number of methoxy groups -OCH3 is 1. The Morgan fingerprint density at radius 3 is 2.56 bits per heavy atom. The van der Waals surface area contributed by atoms with Crippen molar-refractivity contribution < 1.29 is 23.0 Å². The lowest BCUT2D eigenvalue weighted by Gasteiger charge is -2.15. The summed E-state index contributed by atoms with van der Waals surface area (Å²) in [5.41, 5.74) is 3.38. The Balaban J connectivity index is 1.44. The number of hydrogen-bond donors (Lipinski definition) is 1. The fraction of sp³-hybridized carbons (Fsp3) is 0.346.